The van der Waals surface area contributed by atoms with Gasteiger partial charge < -0.3 is 4.98 Å². The predicted octanol–water partition coefficient (Wildman–Crippen LogP) is 3.68. The van der Waals surface area contributed by atoms with Crippen molar-refractivity contribution in [1.29, 1.82) is 0 Å². The summed E-state index contributed by atoms with van der Waals surface area (Å²) in [6, 6.07) is 13.0. The molecule has 2 nitrogen and oxygen atoms in total. The van der Waals surface area contributed by atoms with E-state index in [1.54, 1.807) is 19.1 Å². The third kappa shape index (κ3) is 1.60. The van der Waals surface area contributed by atoms with E-state index in [9.17, 15) is 4.39 Å². The van der Waals surface area contributed by atoms with Gasteiger partial charge in [-0.05, 0) is 30.7 Å². The molecule has 2 aromatic carbocycles. The minimum Gasteiger partial charge on any atom is -0.338 e. The molecule has 0 aliphatic carbocycles. The second kappa shape index (κ2) is 3.70. The van der Waals surface area contributed by atoms with Gasteiger partial charge in [0.25, 0.3) is 0 Å². The number of nitrogens with one attached hydrogen (secondary N) is 1. The highest BCUT2D eigenvalue weighted by Crippen LogP contribution is 2.24. The van der Waals surface area contributed by atoms with Crippen LogP contribution in [0.3, 0.4) is 0 Å². The molecule has 84 valence electrons. The molecule has 0 saturated heterocycles. The van der Waals surface area contributed by atoms with E-state index < -0.39 is 0 Å². The first kappa shape index (κ1) is 10.0. The summed E-state index contributed by atoms with van der Waals surface area (Å²) >= 11 is 0. The summed E-state index contributed by atoms with van der Waals surface area (Å²) in [4.78, 5) is 7.52. The van der Waals surface area contributed by atoms with Gasteiger partial charge >= 0.3 is 0 Å². The quantitative estimate of drug-likeness (QED) is 0.673. The van der Waals surface area contributed by atoms with Gasteiger partial charge in [-0.1, -0.05) is 24.3 Å². The summed E-state index contributed by atoms with van der Waals surface area (Å²) in [5, 5.41) is 0. The molecule has 3 heteroatoms. The van der Waals surface area contributed by atoms with Crippen LogP contribution in [0, 0.1) is 12.7 Å². The van der Waals surface area contributed by atoms with E-state index in [4.69, 9.17) is 0 Å². The van der Waals surface area contributed by atoms with Gasteiger partial charge in [0.15, 0.2) is 0 Å². The maximum atomic E-state index is 14.0. The molecule has 1 N–H and O–H groups in total. The molecule has 0 atom stereocenters. The first-order chi connectivity index (χ1) is 8.25. The molecule has 1 heterocycles. The Bertz CT molecular complexity index is 653. The van der Waals surface area contributed by atoms with Crippen molar-refractivity contribution in [3.05, 3.63) is 53.8 Å². The number of rotatable bonds is 1. The van der Waals surface area contributed by atoms with Crippen LogP contribution in [0.1, 0.15) is 5.56 Å². The number of nitrogens with zero attached hydrogens (tertiary/aromatic N) is 1. The average molecular weight is 226 g/mol. The van der Waals surface area contributed by atoms with Crippen molar-refractivity contribution in [2.75, 3.05) is 0 Å². The van der Waals surface area contributed by atoms with Gasteiger partial charge in [0, 0.05) is 0 Å². The number of aryl methyl sites for hydroxylation is 1. The molecule has 1 aromatic heterocycles. The molecule has 0 spiro atoms. The zero-order chi connectivity index (χ0) is 11.8. The van der Waals surface area contributed by atoms with Gasteiger partial charge in [-0.15, -0.1) is 0 Å². The zero-order valence-electron chi connectivity index (χ0n) is 9.37. The van der Waals surface area contributed by atoms with Crippen LogP contribution in [0.25, 0.3) is 22.4 Å². The molecule has 0 aliphatic heterocycles. The van der Waals surface area contributed by atoms with Crippen LogP contribution >= 0.6 is 0 Å². The standard InChI is InChI=1S/C14H11FN2/c1-9-5-4-6-10(13(9)15)14-16-11-7-2-3-8-12(11)17-14/h2-8H,1H3,(H,16,17). The van der Waals surface area contributed by atoms with Gasteiger partial charge in [-0.25, -0.2) is 9.37 Å². The van der Waals surface area contributed by atoms with Crippen molar-refractivity contribution < 1.29 is 4.39 Å². The van der Waals surface area contributed by atoms with Crippen molar-refractivity contribution in [1.82, 2.24) is 9.97 Å². The number of hydrogen-bond donors (Lipinski definition) is 1. The van der Waals surface area contributed by atoms with Crippen LogP contribution in [0.2, 0.25) is 0 Å². The van der Waals surface area contributed by atoms with Gasteiger partial charge in [0.1, 0.15) is 11.6 Å². The number of para-hydroxylation sites is 2. The first-order valence-corrected chi connectivity index (χ1v) is 5.46. The van der Waals surface area contributed by atoms with E-state index in [1.165, 1.54) is 0 Å². The minimum atomic E-state index is -0.216. The van der Waals surface area contributed by atoms with Crippen molar-refractivity contribution >= 4 is 11.0 Å². The molecule has 0 unspecified atom stereocenters. The molecule has 17 heavy (non-hydrogen) atoms. The minimum absolute atomic E-state index is 0.216. The smallest absolute Gasteiger partial charge is 0.141 e. The number of fused-ring (bicyclic) bond motifs is 1. The number of H-pyrrole nitrogens is 1. The van der Waals surface area contributed by atoms with Crippen LogP contribution in [0.5, 0.6) is 0 Å². The molecule has 0 fully saturated rings. The lowest BCUT2D eigenvalue weighted by molar-refractivity contribution is 0.621. The Morgan fingerprint density at radius 2 is 1.88 bits per heavy atom. The number of hydrogen-bond acceptors (Lipinski definition) is 1. The zero-order valence-corrected chi connectivity index (χ0v) is 9.37. The van der Waals surface area contributed by atoms with Crippen LogP contribution in [-0.2, 0) is 0 Å². The number of benzene rings is 2. The lowest BCUT2D eigenvalue weighted by Gasteiger charge is -2.01. The van der Waals surface area contributed by atoms with E-state index in [0.717, 1.165) is 11.0 Å². The number of halogens is 1. The summed E-state index contributed by atoms with van der Waals surface area (Å²) in [6.07, 6.45) is 0. The highest BCUT2D eigenvalue weighted by molar-refractivity contribution is 5.79. The lowest BCUT2D eigenvalue weighted by Crippen LogP contribution is -1.89. The van der Waals surface area contributed by atoms with Gasteiger partial charge in [-0.2, -0.15) is 0 Å². The number of imidazole rings is 1. The van der Waals surface area contributed by atoms with E-state index in [-0.39, 0.29) is 5.82 Å². The second-order valence-corrected chi connectivity index (χ2v) is 4.04. The molecule has 0 aliphatic rings. The highest BCUT2D eigenvalue weighted by Gasteiger charge is 2.10. The third-order valence-electron chi connectivity index (χ3n) is 2.84. The van der Waals surface area contributed by atoms with E-state index in [2.05, 4.69) is 9.97 Å². The molecule has 0 bridgehead atoms. The summed E-state index contributed by atoms with van der Waals surface area (Å²) in [7, 11) is 0. The summed E-state index contributed by atoms with van der Waals surface area (Å²) < 4.78 is 14.0. The Balaban J connectivity index is 2.24. The Kier molecular flexibility index (Phi) is 2.18. The lowest BCUT2D eigenvalue weighted by atomic mass is 10.1. The molecular formula is C14H11FN2. The molecule has 3 rings (SSSR count). The van der Waals surface area contributed by atoms with E-state index >= 15 is 0 Å². The monoisotopic (exact) mass is 226 g/mol. The van der Waals surface area contributed by atoms with E-state index in [0.29, 0.717) is 17.0 Å². The predicted molar refractivity (Wildman–Crippen MR) is 66.2 cm³/mol. The maximum absolute atomic E-state index is 14.0. The Hall–Kier alpha value is -2.16. The van der Waals surface area contributed by atoms with Crippen LogP contribution in [0.15, 0.2) is 42.5 Å². The molecule has 3 aromatic rings. The van der Waals surface area contributed by atoms with Gasteiger partial charge in [0.05, 0.1) is 16.6 Å². The second-order valence-electron chi connectivity index (χ2n) is 4.04. The van der Waals surface area contributed by atoms with Crippen molar-refractivity contribution in [3.63, 3.8) is 0 Å². The highest BCUT2D eigenvalue weighted by atomic mass is 19.1. The van der Waals surface area contributed by atoms with E-state index in [1.807, 2.05) is 30.3 Å². The molecular weight excluding hydrogens is 215 g/mol. The fourth-order valence-corrected chi connectivity index (χ4v) is 1.91. The number of aromatic nitrogens is 2. The molecule has 0 radical (unpaired) electrons. The normalized spacial score (nSPS) is 10.9. The first-order valence-electron chi connectivity index (χ1n) is 5.46. The Morgan fingerprint density at radius 3 is 2.71 bits per heavy atom. The van der Waals surface area contributed by atoms with Crippen molar-refractivity contribution in [2.45, 2.75) is 6.92 Å². The molecule has 0 saturated carbocycles. The summed E-state index contributed by atoms with van der Waals surface area (Å²) in [5.41, 5.74) is 2.91. The van der Waals surface area contributed by atoms with Crippen molar-refractivity contribution in [3.8, 4) is 11.4 Å². The summed E-state index contributed by atoms with van der Waals surface area (Å²) in [6.45, 7) is 1.75. The van der Waals surface area contributed by atoms with Gasteiger partial charge in [-0.3, -0.25) is 0 Å². The average Bonchev–Trinajstić information content (AvgIpc) is 2.76. The van der Waals surface area contributed by atoms with Crippen LogP contribution in [0.4, 0.5) is 4.39 Å². The Morgan fingerprint density at radius 1 is 1.06 bits per heavy atom. The Labute approximate surface area is 98.1 Å². The van der Waals surface area contributed by atoms with Gasteiger partial charge in [0.2, 0.25) is 0 Å². The maximum Gasteiger partial charge on any atom is 0.141 e. The largest absolute Gasteiger partial charge is 0.338 e. The number of aromatic amines is 1. The fraction of sp³-hybridized carbons (Fsp3) is 0.0714. The van der Waals surface area contributed by atoms with Crippen LogP contribution in [-0.4, -0.2) is 9.97 Å². The third-order valence-corrected chi connectivity index (χ3v) is 2.84. The topological polar surface area (TPSA) is 28.7 Å². The fourth-order valence-electron chi connectivity index (χ4n) is 1.91. The summed E-state index contributed by atoms with van der Waals surface area (Å²) in [5.74, 6) is 0.360. The van der Waals surface area contributed by atoms with Crippen molar-refractivity contribution in [2.24, 2.45) is 0 Å². The van der Waals surface area contributed by atoms with Crippen LogP contribution < -0.4 is 0 Å². The SMILES string of the molecule is Cc1cccc(-c2nc3ccccc3[nH]2)c1F. The molecule has 0 amide bonds.